The molecule has 0 N–H and O–H groups in total. The van der Waals surface area contributed by atoms with Gasteiger partial charge in [-0.2, -0.15) is 15.0 Å². The van der Waals surface area contributed by atoms with Crippen LogP contribution in [-0.2, 0) is 5.41 Å². The Morgan fingerprint density at radius 1 is 0.290 bits per heavy atom. The van der Waals surface area contributed by atoms with Crippen molar-refractivity contribution >= 4 is 87.2 Å². The van der Waals surface area contributed by atoms with Gasteiger partial charge in [0.1, 0.15) is 5.82 Å². The van der Waals surface area contributed by atoms with Gasteiger partial charge in [-0.25, -0.2) is 0 Å². The molecule has 0 radical (unpaired) electrons. The molecule has 294 valence electrons. The van der Waals surface area contributed by atoms with Crippen molar-refractivity contribution in [2.24, 2.45) is 0 Å². The number of nitrogens with zero attached hydrogens (tertiary/aromatic N) is 7. The molecular formula is C55H39N7. The number of hydrogen-bond acceptors (Lipinski definition) is 3. The summed E-state index contributed by atoms with van der Waals surface area (Å²) in [4.78, 5) is 16.0. The number of hydrogen-bond donors (Lipinski definition) is 0. The van der Waals surface area contributed by atoms with E-state index in [-0.39, 0.29) is 5.41 Å². The van der Waals surface area contributed by atoms with Crippen LogP contribution in [0.25, 0.3) is 110 Å². The summed E-state index contributed by atoms with van der Waals surface area (Å²) in [5, 5.41) is 9.51. The lowest BCUT2D eigenvalue weighted by molar-refractivity contribution is 0.537. The first-order chi connectivity index (χ1) is 30.4. The maximum atomic E-state index is 5.43. The first kappa shape index (κ1) is 34.8. The Morgan fingerprint density at radius 2 is 0.565 bits per heavy atom. The topological polar surface area (TPSA) is 58.4 Å². The molecule has 5 aromatic heterocycles. The number of rotatable bonds is 4. The summed E-state index contributed by atoms with van der Waals surface area (Å²) in [6.07, 6.45) is 0. The van der Waals surface area contributed by atoms with Gasteiger partial charge < -0.3 is 9.13 Å². The number of benzene rings is 8. The zero-order chi connectivity index (χ0) is 41.3. The quantitative estimate of drug-likeness (QED) is 0.178. The highest BCUT2D eigenvalue weighted by Crippen LogP contribution is 2.39. The summed E-state index contributed by atoms with van der Waals surface area (Å²) < 4.78 is 9.19. The zero-order valence-electron chi connectivity index (χ0n) is 34.5. The normalized spacial score (nSPS) is 12.4. The monoisotopic (exact) mass is 797 g/mol. The van der Waals surface area contributed by atoms with Gasteiger partial charge in [0.05, 0.1) is 44.1 Å². The molecule has 0 amide bonds. The summed E-state index contributed by atoms with van der Waals surface area (Å²) in [5.41, 5.74) is 10.7. The highest BCUT2D eigenvalue weighted by Gasteiger charge is 2.26. The summed E-state index contributed by atoms with van der Waals surface area (Å²) in [5.74, 6) is 1.89. The van der Waals surface area contributed by atoms with Crippen LogP contribution in [0, 0.1) is 0 Å². The van der Waals surface area contributed by atoms with Gasteiger partial charge in [0.25, 0.3) is 0 Å². The predicted octanol–water partition coefficient (Wildman–Crippen LogP) is 13.6. The highest BCUT2D eigenvalue weighted by molar-refractivity contribution is 6.14. The van der Waals surface area contributed by atoms with Gasteiger partial charge in [0, 0.05) is 59.9 Å². The molecule has 0 saturated carbocycles. The van der Waals surface area contributed by atoms with Crippen molar-refractivity contribution in [2.75, 3.05) is 0 Å². The molecule has 8 aromatic carbocycles. The molecule has 0 spiro atoms. The molecule has 0 aliphatic rings. The third-order valence-corrected chi connectivity index (χ3v) is 12.7. The van der Waals surface area contributed by atoms with Crippen molar-refractivity contribution in [3.8, 4) is 23.3 Å². The number of fused-ring (bicyclic) bond motifs is 12. The smallest absolute Gasteiger partial charge is 0.239 e. The second kappa shape index (κ2) is 12.7. The van der Waals surface area contributed by atoms with E-state index in [1.165, 1.54) is 43.6 Å². The van der Waals surface area contributed by atoms with E-state index < -0.39 is 0 Å². The minimum absolute atomic E-state index is 0.364. The van der Waals surface area contributed by atoms with E-state index in [4.69, 9.17) is 15.0 Å². The van der Waals surface area contributed by atoms with Crippen LogP contribution in [0.1, 0.15) is 26.6 Å². The van der Waals surface area contributed by atoms with Crippen LogP contribution in [0.5, 0.6) is 0 Å². The molecule has 0 atom stereocenters. The number of aromatic nitrogens is 7. The van der Waals surface area contributed by atoms with Crippen LogP contribution in [0.3, 0.4) is 0 Å². The second-order valence-electron chi connectivity index (χ2n) is 17.4. The molecule has 0 aliphatic carbocycles. The van der Waals surface area contributed by atoms with E-state index in [1.807, 2.05) is 0 Å². The van der Waals surface area contributed by atoms with Crippen LogP contribution in [0.4, 0.5) is 0 Å². The molecule has 0 aliphatic heterocycles. The van der Waals surface area contributed by atoms with Crippen LogP contribution < -0.4 is 0 Å². The minimum atomic E-state index is -0.364. The summed E-state index contributed by atoms with van der Waals surface area (Å²) >= 11 is 0. The third kappa shape index (κ3) is 4.90. The standard InChI is InChI=1S/C55H39N7/c1-55(2,3)52-56-53(61-48-26-14-8-20-40(48)42-32-34(28-30-50(42)61)59-44-22-10-4-16-36(44)37-17-5-11-23-45(37)59)58-54(57-52)62-49-27-15-9-21-41(49)43-33-35(29-31-51(43)62)60-46-24-12-6-18-38(46)39-19-7-13-25-47(39)60/h4-33H,1-3H3. The summed E-state index contributed by atoms with van der Waals surface area (Å²) in [7, 11) is 0. The Bertz CT molecular complexity index is 3620. The second-order valence-corrected chi connectivity index (χ2v) is 17.4. The third-order valence-electron chi connectivity index (χ3n) is 12.7. The van der Waals surface area contributed by atoms with Crippen molar-refractivity contribution in [3.63, 3.8) is 0 Å². The Balaban J connectivity index is 1.04. The SMILES string of the molecule is CC(C)(C)c1nc(-n2c3ccccc3c3cc(-n4c5ccccc5c5ccccc54)ccc32)nc(-n2c3ccccc3c3cc(-n4c5ccccc5c5ccccc54)ccc32)n1. The van der Waals surface area contributed by atoms with Crippen molar-refractivity contribution in [1.82, 2.24) is 33.2 Å². The van der Waals surface area contributed by atoms with Crippen LogP contribution in [-0.4, -0.2) is 33.2 Å². The van der Waals surface area contributed by atoms with Gasteiger partial charge in [-0.05, 0) is 72.8 Å². The molecule has 0 saturated heterocycles. The minimum Gasteiger partial charge on any atom is -0.309 e. The first-order valence-corrected chi connectivity index (χ1v) is 21.2. The molecule has 0 bridgehead atoms. The Morgan fingerprint density at radius 3 is 0.887 bits per heavy atom. The van der Waals surface area contributed by atoms with Gasteiger partial charge in [-0.15, -0.1) is 0 Å². The molecule has 5 heterocycles. The van der Waals surface area contributed by atoms with Crippen molar-refractivity contribution < 1.29 is 0 Å². The lowest BCUT2D eigenvalue weighted by Gasteiger charge is -2.19. The fourth-order valence-corrected chi connectivity index (χ4v) is 9.92. The fourth-order valence-electron chi connectivity index (χ4n) is 9.92. The Labute approximate surface area is 356 Å². The van der Waals surface area contributed by atoms with Gasteiger partial charge in [0.2, 0.25) is 11.9 Å². The molecule has 13 rings (SSSR count). The van der Waals surface area contributed by atoms with E-state index >= 15 is 0 Å². The van der Waals surface area contributed by atoms with Gasteiger partial charge >= 0.3 is 0 Å². The lowest BCUT2D eigenvalue weighted by Crippen LogP contribution is -2.21. The van der Waals surface area contributed by atoms with Crippen LogP contribution in [0.15, 0.2) is 182 Å². The molecular weight excluding hydrogens is 759 g/mol. The maximum Gasteiger partial charge on any atom is 0.239 e. The molecule has 0 unspecified atom stereocenters. The summed E-state index contributed by atoms with van der Waals surface area (Å²) in [6, 6.07) is 65.4. The lowest BCUT2D eigenvalue weighted by atomic mass is 9.96. The molecule has 0 fully saturated rings. The van der Waals surface area contributed by atoms with E-state index in [2.05, 4.69) is 221 Å². The van der Waals surface area contributed by atoms with Crippen molar-refractivity contribution in [1.29, 1.82) is 0 Å². The average molecular weight is 798 g/mol. The van der Waals surface area contributed by atoms with Crippen molar-refractivity contribution in [3.05, 3.63) is 188 Å². The summed E-state index contributed by atoms with van der Waals surface area (Å²) in [6.45, 7) is 6.51. The molecule has 13 aromatic rings. The van der Waals surface area contributed by atoms with Gasteiger partial charge in [-0.1, -0.05) is 130 Å². The van der Waals surface area contributed by atoms with Crippen molar-refractivity contribution in [2.45, 2.75) is 26.2 Å². The van der Waals surface area contributed by atoms with Crippen LogP contribution >= 0.6 is 0 Å². The predicted molar refractivity (Wildman–Crippen MR) is 256 cm³/mol. The molecule has 62 heavy (non-hydrogen) atoms. The Hall–Kier alpha value is -8.03. The van der Waals surface area contributed by atoms with Gasteiger partial charge in [-0.3, -0.25) is 9.13 Å². The number of para-hydroxylation sites is 6. The largest absolute Gasteiger partial charge is 0.309 e. The maximum absolute atomic E-state index is 5.43. The highest BCUT2D eigenvalue weighted by atomic mass is 15.3. The van der Waals surface area contributed by atoms with Crippen LogP contribution in [0.2, 0.25) is 0 Å². The van der Waals surface area contributed by atoms with Gasteiger partial charge in [0.15, 0.2) is 0 Å². The molecule has 7 heteroatoms. The van der Waals surface area contributed by atoms with E-state index in [0.717, 1.165) is 60.8 Å². The van der Waals surface area contributed by atoms with E-state index in [9.17, 15) is 0 Å². The fraction of sp³-hybridized carbons (Fsp3) is 0.0727. The van der Waals surface area contributed by atoms with E-state index in [1.54, 1.807) is 0 Å². The first-order valence-electron chi connectivity index (χ1n) is 21.2. The Kier molecular flexibility index (Phi) is 7.15. The average Bonchev–Trinajstić information content (AvgIpc) is 4.03. The molecule has 7 nitrogen and oxygen atoms in total. The van der Waals surface area contributed by atoms with E-state index in [0.29, 0.717) is 11.9 Å². The zero-order valence-corrected chi connectivity index (χ0v) is 34.5.